The average Bonchev–Trinajstić information content (AvgIpc) is 2.46. The highest BCUT2D eigenvalue weighted by Gasteiger charge is 2.25. The van der Waals surface area contributed by atoms with Gasteiger partial charge in [-0.1, -0.05) is 0 Å². The van der Waals surface area contributed by atoms with Gasteiger partial charge in [-0.05, 0) is 23.6 Å². The lowest BCUT2D eigenvalue weighted by Gasteiger charge is -2.27. The number of hydrogen-bond acceptors (Lipinski definition) is 4. The highest BCUT2D eigenvalue weighted by Crippen LogP contribution is 2.28. The van der Waals surface area contributed by atoms with Crippen LogP contribution >= 0.6 is 0 Å². The van der Waals surface area contributed by atoms with Crippen LogP contribution in [-0.2, 0) is 4.79 Å². The van der Waals surface area contributed by atoms with E-state index in [0.717, 1.165) is 17.1 Å². The Kier molecular flexibility index (Phi) is 2.90. The minimum Gasteiger partial charge on any atom is -0.298 e. The molecule has 0 unspecified atom stereocenters. The standard InChI is InChI=1S/C14H11N3O3/c18-8-9-5-10-1-3-15-7-11(10)12(6-9)17-4-2-13(19)16-14(17)20/h1,3,5-8H,2,4H2,(H,16,19,20). The summed E-state index contributed by atoms with van der Waals surface area (Å²) >= 11 is 0. The van der Waals surface area contributed by atoms with Crippen molar-refractivity contribution in [1.82, 2.24) is 10.3 Å². The van der Waals surface area contributed by atoms with E-state index in [1.165, 1.54) is 4.90 Å². The number of pyridine rings is 1. The van der Waals surface area contributed by atoms with Crippen LogP contribution in [0, 0.1) is 0 Å². The summed E-state index contributed by atoms with van der Waals surface area (Å²) in [5.41, 5.74) is 1.06. The van der Waals surface area contributed by atoms with Crippen LogP contribution in [-0.4, -0.2) is 29.8 Å². The van der Waals surface area contributed by atoms with Gasteiger partial charge in [0.15, 0.2) is 0 Å². The molecule has 6 nitrogen and oxygen atoms in total. The molecular weight excluding hydrogens is 258 g/mol. The highest BCUT2D eigenvalue weighted by molar-refractivity contribution is 6.10. The van der Waals surface area contributed by atoms with E-state index in [2.05, 4.69) is 10.3 Å². The summed E-state index contributed by atoms with van der Waals surface area (Å²) in [5.74, 6) is -0.291. The smallest absolute Gasteiger partial charge is 0.298 e. The molecule has 1 saturated heterocycles. The quantitative estimate of drug-likeness (QED) is 0.838. The molecule has 6 heteroatoms. The normalized spacial score (nSPS) is 15.3. The van der Waals surface area contributed by atoms with E-state index >= 15 is 0 Å². The summed E-state index contributed by atoms with van der Waals surface area (Å²) in [6.07, 6.45) is 4.23. The van der Waals surface area contributed by atoms with E-state index in [9.17, 15) is 14.4 Å². The largest absolute Gasteiger partial charge is 0.328 e. The number of anilines is 1. The summed E-state index contributed by atoms with van der Waals surface area (Å²) in [7, 11) is 0. The number of aromatic nitrogens is 1. The summed E-state index contributed by atoms with van der Waals surface area (Å²) in [6, 6.07) is 4.67. The molecule has 1 aromatic carbocycles. The number of nitrogens with one attached hydrogen (secondary N) is 1. The van der Waals surface area contributed by atoms with Gasteiger partial charge in [0.25, 0.3) is 0 Å². The Balaban J connectivity index is 2.16. The zero-order valence-corrected chi connectivity index (χ0v) is 10.5. The molecule has 2 aromatic rings. The third-order valence-electron chi connectivity index (χ3n) is 3.24. The predicted molar refractivity (Wildman–Crippen MR) is 72.6 cm³/mol. The van der Waals surface area contributed by atoms with Crippen LogP contribution < -0.4 is 10.2 Å². The number of aldehydes is 1. The Bertz CT molecular complexity index is 727. The molecular formula is C14H11N3O3. The monoisotopic (exact) mass is 269 g/mol. The van der Waals surface area contributed by atoms with Crippen molar-refractivity contribution in [3.63, 3.8) is 0 Å². The maximum atomic E-state index is 11.9. The van der Waals surface area contributed by atoms with Crippen LogP contribution in [0.15, 0.2) is 30.6 Å². The van der Waals surface area contributed by atoms with Crippen LogP contribution in [0.2, 0.25) is 0 Å². The van der Waals surface area contributed by atoms with Crippen LogP contribution in [0.5, 0.6) is 0 Å². The molecule has 1 aliphatic rings. The number of urea groups is 1. The second-order valence-corrected chi connectivity index (χ2v) is 4.51. The molecule has 1 fully saturated rings. The first-order valence-corrected chi connectivity index (χ1v) is 6.13. The maximum absolute atomic E-state index is 11.9. The molecule has 1 aromatic heterocycles. The maximum Gasteiger partial charge on any atom is 0.328 e. The van der Waals surface area contributed by atoms with Gasteiger partial charge in [0.2, 0.25) is 5.91 Å². The predicted octanol–water partition coefficient (Wildman–Crippen LogP) is 1.49. The van der Waals surface area contributed by atoms with Crippen molar-refractivity contribution in [2.45, 2.75) is 6.42 Å². The first-order chi connectivity index (χ1) is 9.69. The minimum atomic E-state index is -0.477. The Morgan fingerprint density at radius 3 is 2.90 bits per heavy atom. The van der Waals surface area contributed by atoms with Crippen LogP contribution in [0.4, 0.5) is 10.5 Å². The molecule has 20 heavy (non-hydrogen) atoms. The molecule has 2 heterocycles. The molecule has 0 bridgehead atoms. The van der Waals surface area contributed by atoms with Crippen molar-refractivity contribution in [2.24, 2.45) is 0 Å². The third-order valence-corrected chi connectivity index (χ3v) is 3.24. The lowest BCUT2D eigenvalue weighted by Crippen LogP contribution is -2.49. The Morgan fingerprint density at radius 2 is 2.15 bits per heavy atom. The van der Waals surface area contributed by atoms with Crippen molar-refractivity contribution in [3.05, 3.63) is 36.2 Å². The second-order valence-electron chi connectivity index (χ2n) is 4.51. The Hall–Kier alpha value is -2.76. The van der Waals surface area contributed by atoms with E-state index in [4.69, 9.17) is 0 Å². The van der Waals surface area contributed by atoms with Gasteiger partial charge in [0.1, 0.15) is 6.29 Å². The first kappa shape index (κ1) is 12.3. The fourth-order valence-corrected chi connectivity index (χ4v) is 2.29. The number of hydrogen-bond donors (Lipinski definition) is 1. The minimum absolute atomic E-state index is 0.235. The molecule has 0 spiro atoms. The van der Waals surface area contributed by atoms with Gasteiger partial charge in [-0.2, -0.15) is 0 Å². The lowest BCUT2D eigenvalue weighted by molar-refractivity contribution is -0.120. The molecule has 100 valence electrons. The zero-order chi connectivity index (χ0) is 14.1. The summed E-state index contributed by atoms with van der Waals surface area (Å²) in [6.45, 7) is 0.289. The summed E-state index contributed by atoms with van der Waals surface area (Å²) in [5, 5.41) is 3.86. The van der Waals surface area contributed by atoms with Gasteiger partial charge < -0.3 is 0 Å². The Labute approximate surface area is 114 Å². The van der Waals surface area contributed by atoms with Crippen molar-refractivity contribution < 1.29 is 14.4 Å². The third kappa shape index (κ3) is 2.01. The highest BCUT2D eigenvalue weighted by atomic mass is 16.2. The average molecular weight is 269 g/mol. The van der Waals surface area contributed by atoms with E-state index in [1.54, 1.807) is 30.6 Å². The zero-order valence-electron chi connectivity index (χ0n) is 10.5. The van der Waals surface area contributed by atoms with E-state index in [0.29, 0.717) is 11.3 Å². The fraction of sp³-hybridized carbons (Fsp3) is 0.143. The topological polar surface area (TPSA) is 79.4 Å². The molecule has 0 saturated carbocycles. The van der Waals surface area contributed by atoms with E-state index in [1.807, 2.05) is 0 Å². The van der Waals surface area contributed by atoms with E-state index < -0.39 is 6.03 Å². The lowest BCUT2D eigenvalue weighted by atomic mass is 10.1. The number of carbonyl (C=O) groups excluding carboxylic acids is 3. The number of amides is 3. The molecule has 0 aliphatic carbocycles. The molecule has 1 N–H and O–H groups in total. The second kappa shape index (κ2) is 4.73. The number of fused-ring (bicyclic) bond motifs is 1. The van der Waals surface area contributed by atoms with Crippen molar-refractivity contribution in [3.8, 4) is 0 Å². The van der Waals surface area contributed by atoms with Crippen LogP contribution in [0.3, 0.4) is 0 Å². The number of nitrogens with zero attached hydrogens (tertiary/aromatic N) is 2. The van der Waals surface area contributed by atoms with Crippen LogP contribution in [0.25, 0.3) is 10.8 Å². The molecule has 0 atom stereocenters. The van der Waals surface area contributed by atoms with Crippen molar-refractivity contribution in [1.29, 1.82) is 0 Å². The molecule has 1 aliphatic heterocycles. The summed E-state index contributed by atoms with van der Waals surface area (Å²) < 4.78 is 0. The van der Waals surface area contributed by atoms with Gasteiger partial charge in [0, 0.05) is 36.3 Å². The fourth-order valence-electron chi connectivity index (χ4n) is 2.29. The van der Waals surface area contributed by atoms with Gasteiger partial charge in [-0.15, -0.1) is 0 Å². The Morgan fingerprint density at radius 1 is 1.30 bits per heavy atom. The number of carbonyl (C=O) groups is 3. The molecule has 0 radical (unpaired) electrons. The number of rotatable bonds is 2. The number of imide groups is 1. The SMILES string of the molecule is O=Cc1cc(N2CCC(=O)NC2=O)c2cnccc2c1. The van der Waals surface area contributed by atoms with Gasteiger partial charge in [0.05, 0.1) is 5.69 Å². The first-order valence-electron chi connectivity index (χ1n) is 6.13. The van der Waals surface area contributed by atoms with Gasteiger partial charge >= 0.3 is 6.03 Å². The summed E-state index contributed by atoms with van der Waals surface area (Å²) in [4.78, 5) is 39.7. The van der Waals surface area contributed by atoms with Crippen molar-refractivity contribution in [2.75, 3.05) is 11.4 Å². The van der Waals surface area contributed by atoms with Gasteiger partial charge in [-0.3, -0.25) is 24.8 Å². The van der Waals surface area contributed by atoms with Crippen LogP contribution in [0.1, 0.15) is 16.8 Å². The molecule has 3 amide bonds. The number of benzene rings is 1. The van der Waals surface area contributed by atoms with Crippen molar-refractivity contribution >= 4 is 34.7 Å². The van der Waals surface area contributed by atoms with E-state index in [-0.39, 0.29) is 18.9 Å². The van der Waals surface area contributed by atoms with Gasteiger partial charge in [-0.25, -0.2) is 4.79 Å². The molecule has 3 rings (SSSR count).